The van der Waals surface area contributed by atoms with Crippen LogP contribution in [-0.2, 0) is 11.2 Å². The zero-order valence-electron chi connectivity index (χ0n) is 14.8. The molecule has 4 rings (SSSR count). The molecule has 2 heterocycles. The van der Waals surface area contributed by atoms with Crippen molar-refractivity contribution in [3.63, 3.8) is 0 Å². The molecule has 26 heavy (non-hydrogen) atoms. The first kappa shape index (κ1) is 16.8. The highest BCUT2D eigenvalue weighted by atomic mass is 16.1. The van der Waals surface area contributed by atoms with Crippen molar-refractivity contribution in [2.75, 3.05) is 23.3 Å². The molecular weight excluding hydrogens is 326 g/mol. The first-order valence-electron chi connectivity index (χ1n) is 9.38. The standard InChI is InChI=1S/C21H23N3O2/c25-18-11-10-16-19(18)22-14-17(20(16)24-12-6-3-7-13-24)23-21(26)15-8-4-1-2-5-9-15/h1-2,4-5,8,14H,3,6-7,9-13H2,(H,23,26). The number of aromatic nitrogens is 1. The lowest BCUT2D eigenvalue weighted by Crippen LogP contribution is -2.31. The van der Waals surface area contributed by atoms with Gasteiger partial charge in [-0.1, -0.05) is 30.4 Å². The van der Waals surface area contributed by atoms with Crippen LogP contribution in [0.3, 0.4) is 0 Å². The summed E-state index contributed by atoms with van der Waals surface area (Å²) in [6.45, 7) is 1.92. The molecule has 2 aliphatic carbocycles. The van der Waals surface area contributed by atoms with Crippen LogP contribution in [0, 0.1) is 0 Å². The number of pyridine rings is 1. The van der Waals surface area contributed by atoms with Crippen molar-refractivity contribution >= 4 is 23.1 Å². The summed E-state index contributed by atoms with van der Waals surface area (Å²) in [7, 11) is 0. The molecule has 5 heteroatoms. The number of carbonyl (C=O) groups excluding carboxylic acids is 2. The van der Waals surface area contributed by atoms with E-state index < -0.39 is 0 Å². The molecule has 1 aliphatic heterocycles. The van der Waals surface area contributed by atoms with Gasteiger partial charge >= 0.3 is 0 Å². The lowest BCUT2D eigenvalue weighted by Gasteiger charge is -2.32. The summed E-state index contributed by atoms with van der Waals surface area (Å²) in [5.74, 6) is 0.00317. The van der Waals surface area contributed by atoms with Gasteiger partial charge in [0.15, 0.2) is 5.78 Å². The van der Waals surface area contributed by atoms with Crippen molar-refractivity contribution in [2.45, 2.75) is 38.5 Å². The van der Waals surface area contributed by atoms with Crippen LogP contribution in [0.5, 0.6) is 0 Å². The molecule has 0 bridgehead atoms. The van der Waals surface area contributed by atoms with Crippen molar-refractivity contribution < 1.29 is 9.59 Å². The summed E-state index contributed by atoms with van der Waals surface area (Å²) < 4.78 is 0. The summed E-state index contributed by atoms with van der Waals surface area (Å²) >= 11 is 0. The maximum Gasteiger partial charge on any atom is 0.251 e. The van der Waals surface area contributed by atoms with Crippen LogP contribution in [0.2, 0.25) is 0 Å². The van der Waals surface area contributed by atoms with E-state index in [0.717, 1.165) is 48.4 Å². The number of hydrogen-bond acceptors (Lipinski definition) is 4. The van der Waals surface area contributed by atoms with Gasteiger partial charge < -0.3 is 10.2 Å². The number of allylic oxidation sites excluding steroid dienone is 5. The van der Waals surface area contributed by atoms with Crippen molar-refractivity contribution in [3.05, 3.63) is 53.4 Å². The Bertz CT molecular complexity index is 830. The quantitative estimate of drug-likeness (QED) is 0.906. The Kier molecular flexibility index (Phi) is 4.69. The molecule has 1 fully saturated rings. The van der Waals surface area contributed by atoms with Crippen LogP contribution in [0.15, 0.2) is 42.2 Å². The summed E-state index contributed by atoms with van der Waals surface area (Å²) in [6, 6.07) is 0. The van der Waals surface area contributed by atoms with Crippen molar-refractivity contribution in [3.8, 4) is 0 Å². The fraction of sp³-hybridized carbons (Fsp3) is 0.381. The largest absolute Gasteiger partial charge is 0.370 e. The Hall–Kier alpha value is -2.69. The SMILES string of the molecule is O=C(Nc1cnc2c(c1N1CCCCC1)CCC2=O)C1=CC=CC=CC1. The van der Waals surface area contributed by atoms with E-state index in [9.17, 15) is 9.59 Å². The molecule has 5 nitrogen and oxygen atoms in total. The number of carbonyl (C=O) groups is 2. The molecule has 1 saturated heterocycles. The van der Waals surface area contributed by atoms with Crippen LogP contribution in [0.4, 0.5) is 11.4 Å². The Labute approximate surface area is 153 Å². The molecule has 134 valence electrons. The molecule has 0 atom stereocenters. The minimum absolute atomic E-state index is 0.106. The number of piperidine rings is 1. The smallest absolute Gasteiger partial charge is 0.251 e. The predicted octanol–water partition coefficient (Wildman–Crippen LogP) is 3.58. The van der Waals surface area contributed by atoms with E-state index in [-0.39, 0.29) is 11.7 Å². The third-order valence-electron chi connectivity index (χ3n) is 5.22. The second kappa shape index (κ2) is 7.28. The number of ketones is 1. The van der Waals surface area contributed by atoms with Gasteiger partial charge in [0.2, 0.25) is 0 Å². The van der Waals surface area contributed by atoms with E-state index >= 15 is 0 Å². The Balaban J connectivity index is 1.68. The number of anilines is 2. The number of hydrogen-bond donors (Lipinski definition) is 1. The first-order valence-corrected chi connectivity index (χ1v) is 9.38. The van der Waals surface area contributed by atoms with Gasteiger partial charge in [0.05, 0.1) is 17.6 Å². The van der Waals surface area contributed by atoms with E-state index in [0.29, 0.717) is 25.0 Å². The maximum atomic E-state index is 12.8. The lowest BCUT2D eigenvalue weighted by atomic mass is 10.1. The zero-order chi connectivity index (χ0) is 17.9. The molecule has 1 N–H and O–H groups in total. The molecule has 1 amide bonds. The van der Waals surface area contributed by atoms with Gasteiger partial charge in [0.25, 0.3) is 5.91 Å². The summed E-state index contributed by atoms with van der Waals surface area (Å²) in [5.41, 5.74) is 4.04. The number of Topliss-reactive ketones (excluding diaryl/α,β-unsaturated/α-hetero) is 1. The van der Waals surface area contributed by atoms with Crippen LogP contribution < -0.4 is 10.2 Å². The summed E-state index contributed by atoms with van der Waals surface area (Å²) in [4.78, 5) is 31.6. The number of rotatable bonds is 3. The number of nitrogens with zero attached hydrogens (tertiary/aromatic N) is 2. The average molecular weight is 349 g/mol. The minimum atomic E-state index is -0.106. The Morgan fingerprint density at radius 3 is 2.77 bits per heavy atom. The van der Waals surface area contributed by atoms with Crippen LogP contribution >= 0.6 is 0 Å². The molecule has 1 aromatic heterocycles. The molecule has 3 aliphatic rings. The lowest BCUT2D eigenvalue weighted by molar-refractivity contribution is -0.112. The summed E-state index contributed by atoms with van der Waals surface area (Å²) in [6.07, 6.45) is 16.6. The second-order valence-electron chi connectivity index (χ2n) is 6.98. The van der Waals surface area contributed by atoms with Crippen molar-refractivity contribution in [1.29, 1.82) is 0 Å². The monoisotopic (exact) mass is 349 g/mol. The Morgan fingerprint density at radius 2 is 1.92 bits per heavy atom. The third kappa shape index (κ3) is 3.21. The zero-order valence-corrected chi connectivity index (χ0v) is 14.8. The molecule has 1 aromatic rings. The highest BCUT2D eigenvalue weighted by Gasteiger charge is 2.29. The number of nitrogens with one attached hydrogen (secondary N) is 1. The average Bonchev–Trinajstić information content (AvgIpc) is 2.87. The van der Waals surface area contributed by atoms with Gasteiger partial charge in [0, 0.05) is 30.6 Å². The van der Waals surface area contributed by atoms with Crippen molar-refractivity contribution in [2.24, 2.45) is 0 Å². The van der Waals surface area contributed by atoms with Crippen LogP contribution in [0.25, 0.3) is 0 Å². The normalized spacial score (nSPS) is 19.2. The highest BCUT2D eigenvalue weighted by molar-refractivity contribution is 6.08. The first-order chi connectivity index (χ1) is 12.7. The summed E-state index contributed by atoms with van der Waals surface area (Å²) in [5, 5.41) is 3.06. The van der Waals surface area contributed by atoms with Crippen LogP contribution in [-0.4, -0.2) is 29.8 Å². The van der Waals surface area contributed by atoms with Crippen molar-refractivity contribution in [1.82, 2.24) is 4.98 Å². The van der Waals surface area contributed by atoms with Gasteiger partial charge in [-0.05, 0) is 32.1 Å². The van der Waals surface area contributed by atoms with Gasteiger partial charge in [0.1, 0.15) is 5.69 Å². The van der Waals surface area contributed by atoms with E-state index in [2.05, 4.69) is 15.2 Å². The molecule has 0 unspecified atom stereocenters. The van der Waals surface area contributed by atoms with Crippen LogP contribution in [0.1, 0.15) is 48.2 Å². The fourth-order valence-corrected chi connectivity index (χ4v) is 3.90. The van der Waals surface area contributed by atoms with E-state index in [1.807, 2.05) is 30.4 Å². The van der Waals surface area contributed by atoms with E-state index in [1.165, 1.54) is 6.42 Å². The fourth-order valence-electron chi connectivity index (χ4n) is 3.90. The van der Waals surface area contributed by atoms with Gasteiger partial charge in [-0.3, -0.25) is 14.6 Å². The molecule has 0 saturated carbocycles. The van der Waals surface area contributed by atoms with E-state index in [1.54, 1.807) is 6.20 Å². The van der Waals surface area contributed by atoms with E-state index in [4.69, 9.17) is 0 Å². The number of amides is 1. The molecule has 0 aromatic carbocycles. The molecule has 0 radical (unpaired) electrons. The van der Waals surface area contributed by atoms with Gasteiger partial charge in [-0.2, -0.15) is 0 Å². The Morgan fingerprint density at radius 1 is 1.08 bits per heavy atom. The third-order valence-corrected chi connectivity index (χ3v) is 5.22. The van der Waals surface area contributed by atoms with Gasteiger partial charge in [-0.25, -0.2) is 0 Å². The molecule has 0 spiro atoms. The predicted molar refractivity (Wildman–Crippen MR) is 103 cm³/mol. The molecular formula is C21H23N3O2. The highest BCUT2D eigenvalue weighted by Crippen LogP contribution is 2.37. The second-order valence-corrected chi connectivity index (χ2v) is 6.98. The van der Waals surface area contributed by atoms with Gasteiger partial charge in [-0.15, -0.1) is 0 Å². The number of fused-ring (bicyclic) bond motifs is 1. The topological polar surface area (TPSA) is 62.3 Å². The maximum absolute atomic E-state index is 12.8. The minimum Gasteiger partial charge on any atom is -0.370 e.